The summed E-state index contributed by atoms with van der Waals surface area (Å²) in [6.45, 7) is 1.85. The van der Waals surface area contributed by atoms with Crippen LogP contribution in [0.2, 0.25) is 0 Å². The van der Waals surface area contributed by atoms with Gasteiger partial charge in [0, 0.05) is 6.07 Å². The molecule has 2 aliphatic rings. The average molecular weight is 261 g/mol. The van der Waals surface area contributed by atoms with Crippen LogP contribution in [0.25, 0.3) is 0 Å². The maximum absolute atomic E-state index is 6.19. The molecule has 3 heteroatoms. The lowest BCUT2D eigenvalue weighted by Gasteiger charge is -2.21. The number of nitrogens with one attached hydrogen (secondary N) is 1. The number of hydrogen-bond acceptors (Lipinski definition) is 3. The molecule has 1 heterocycles. The molecule has 3 nitrogen and oxygen atoms in total. The van der Waals surface area contributed by atoms with E-state index in [2.05, 4.69) is 23.5 Å². The SMILES string of the molecule is CNCCC(Oc1ccc2c(c1)OCCC2)C1CC1. The summed E-state index contributed by atoms with van der Waals surface area (Å²) in [5.74, 6) is 2.74. The third-order valence-electron chi connectivity index (χ3n) is 4.00. The van der Waals surface area contributed by atoms with Crippen molar-refractivity contribution in [2.45, 2.75) is 38.2 Å². The monoisotopic (exact) mass is 261 g/mol. The fourth-order valence-corrected chi connectivity index (χ4v) is 2.71. The van der Waals surface area contributed by atoms with Crippen molar-refractivity contribution in [2.24, 2.45) is 5.92 Å². The second-order valence-electron chi connectivity index (χ2n) is 5.61. The van der Waals surface area contributed by atoms with Gasteiger partial charge in [0.15, 0.2) is 0 Å². The largest absolute Gasteiger partial charge is 0.493 e. The number of rotatable bonds is 6. The number of aryl methyl sites for hydroxylation is 1. The molecule has 0 radical (unpaired) electrons. The number of benzene rings is 1. The standard InChI is InChI=1S/C16H23NO2/c1-17-9-8-15(13-4-5-13)19-14-7-6-12-3-2-10-18-16(12)11-14/h6-7,11,13,15,17H,2-5,8-10H2,1H3. The van der Waals surface area contributed by atoms with Crippen LogP contribution in [0.3, 0.4) is 0 Å². The summed E-state index contributed by atoms with van der Waals surface area (Å²) < 4.78 is 11.9. The minimum atomic E-state index is 0.356. The van der Waals surface area contributed by atoms with Crippen molar-refractivity contribution >= 4 is 0 Å². The van der Waals surface area contributed by atoms with E-state index in [0.717, 1.165) is 49.8 Å². The van der Waals surface area contributed by atoms with Crippen LogP contribution in [0.5, 0.6) is 11.5 Å². The van der Waals surface area contributed by atoms with Gasteiger partial charge in [-0.3, -0.25) is 0 Å². The van der Waals surface area contributed by atoms with E-state index < -0.39 is 0 Å². The van der Waals surface area contributed by atoms with Crippen LogP contribution in [-0.4, -0.2) is 26.3 Å². The van der Waals surface area contributed by atoms with Crippen molar-refractivity contribution in [1.29, 1.82) is 0 Å². The van der Waals surface area contributed by atoms with Gasteiger partial charge in [0.05, 0.1) is 6.61 Å². The molecule has 1 saturated carbocycles. The van der Waals surface area contributed by atoms with Crippen LogP contribution in [0.15, 0.2) is 18.2 Å². The topological polar surface area (TPSA) is 30.5 Å². The molecule has 3 rings (SSSR count). The van der Waals surface area contributed by atoms with Crippen LogP contribution in [-0.2, 0) is 6.42 Å². The van der Waals surface area contributed by atoms with E-state index in [4.69, 9.17) is 9.47 Å². The Hall–Kier alpha value is -1.22. The summed E-state index contributed by atoms with van der Waals surface area (Å²) in [5, 5.41) is 3.21. The maximum atomic E-state index is 6.19. The summed E-state index contributed by atoms with van der Waals surface area (Å²) in [6.07, 6.45) is 6.32. The first-order chi connectivity index (χ1) is 9.36. The van der Waals surface area contributed by atoms with Gasteiger partial charge in [-0.2, -0.15) is 0 Å². The van der Waals surface area contributed by atoms with Gasteiger partial charge in [0.25, 0.3) is 0 Å². The first-order valence-electron chi connectivity index (χ1n) is 7.44. The Labute approximate surface area is 115 Å². The molecule has 0 saturated heterocycles. The highest BCUT2D eigenvalue weighted by molar-refractivity contribution is 5.41. The van der Waals surface area contributed by atoms with Crippen molar-refractivity contribution in [3.8, 4) is 11.5 Å². The molecular weight excluding hydrogens is 238 g/mol. The molecule has 0 spiro atoms. The predicted molar refractivity (Wildman–Crippen MR) is 75.9 cm³/mol. The van der Waals surface area contributed by atoms with Crippen molar-refractivity contribution < 1.29 is 9.47 Å². The lowest BCUT2D eigenvalue weighted by Crippen LogP contribution is -2.24. The lowest BCUT2D eigenvalue weighted by molar-refractivity contribution is 0.167. The Morgan fingerprint density at radius 3 is 3.11 bits per heavy atom. The average Bonchev–Trinajstić information content (AvgIpc) is 3.28. The van der Waals surface area contributed by atoms with E-state index in [1.165, 1.54) is 18.4 Å². The summed E-state index contributed by atoms with van der Waals surface area (Å²) in [7, 11) is 2.00. The third-order valence-corrected chi connectivity index (χ3v) is 4.00. The van der Waals surface area contributed by atoms with Gasteiger partial charge in [-0.15, -0.1) is 0 Å². The summed E-state index contributed by atoms with van der Waals surface area (Å²) in [6, 6.07) is 6.33. The van der Waals surface area contributed by atoms with E-state index in [9.17, 15) is 0 Å². The minimum absolute atomic E-state index is 0.356. The zero-order valence-electron chi connectivity index (χ0n) is 11.7. The van der Waals surface area contributed by atoms with Gasteiger partial charge in [0.1, 0.15) is 17.6 Å². The van der Waals surface area contributed by atoms with Gasteiger partial charge in [0.2, 0.25) is 0 Å². The van der Waals surface area contributed by atoms with Crippen molar-refractivity contribution in [1.82, 2.24) is 5.32 Å². The van der Waals surface area contributed by atoms with Crippen LogP contribution >= 0.6 is 0 Å². The molecule has 1 aromatic rings. The first-order valence-corrected chi connectivity index (χ1v) is 7.44. The lowest BCUT2D eigenvalue weighted by atomic mass is 10.1. The van der Waals surface area contributed by atoms with Crippen molar-refractivity contribution in [2.75, 3.05) is 20.2 Å². The summed E-state index contributed by atoms with van der Waals surface area (Å²) in [4.78, 5) is 0. The molecule has 0 bridgehead atoms. The van der Waals surface area contributed by atoms with E-state index in [1.807, 2.05) is 7.05 Å². The number of ether oxygens (including phenoxy) is 2. The van der Waals surface area contributed by atoms with Gasteiger partial charge in [-0.1, -0.05) is 6.07 Å². The molecular formula is C16H23NO2. The Kier molecular flexibility index (Phi) is 3.92. The maximum Gasteiger partial charge on any atom is 0.126 e. The first kappa shape index (κ1) is 12.8. The van der Waals surface area contributed by atoms with Gasteiger partial charge < -0.3 is 14.8 Å². The van der Waals surface area contributed by atoms with E-state index in [0.29, 0.717) is 6.10 Å². The van der Waals surface area contributed by atoms with E-state index >= 15 is 0 Å². The molecule has 1 unspecified atom stereocenters. The Bertz CT molecular complexity index is 429. The quantitative estimate of drug-likeness (QED) is 0.854. The predicted octanol–water partition coefficient (Wildman–Crippen LogP) is 2.78. The molecule has 1 aliphatic heterocycles. The van der Waals surface area contributed by atoms with Gasteiger partial charge in [-0.25, -0.2) is 0 Å². The van der Waals surface area contributed by atoms with Crippen molar-refractivity contribution in [3.63, 3.8) is 0 Å². The van der Waals surface area contributed by atoms with Gasteiger partial charge >= 0.3 is 0 Å². The Morgan fingerprint density at radius 1 is 1.42 bits per heavy atom. The molecule has 1 fully saturated rings. The summed E-state index contributed by atoms with van der Waals surface area (Å²) in [5.41, 5.74) is 1.32. The van der Waals surface area contributed by atoms with Gasteiger partial charge in [-0.05, 0) is 63.2 Å². The zero-order valence-corrected chi connectivity index (χ0v) is 11.7. The normalized spacial score (nSPS) is 19.4. The number of hydrogen-bond donors (Lipinski definition) is 1. The molecule has 0 aromatic heterocycles. The molecule has 1 N–H and O–H groups in total. The van der Waals surface area contributed by atoms with Crippen LogP contribution in [0, 0.1) is 5.92 Å². The van der Waals surface area contributed by atoms with Crippen LogP contribution in [0.1, 0.15) is 31.2 Å². The number of fused-ring (bicyclic) bond motifs is 1. The highest BCUT2D eigenvalue weighted by Gasteiger charge is 2.32. The zero-order chi connectivity index (χ0) is 13.1. The van der Waals surface area contributed by atoms with Crippen molar-refractivity contribution in [3.05, 3.63) is 23.8 Å². The fraction of sp³-hybridized carbons (Fsp3) is 0.625. The minimum Gasteiger partial charge on any atom is -0.493 e. The molecule has 1 atom stereocenters. The highest BCUT2D eigenvalue weighted by Crippen LogP contribution is 2.37. The Balaban J connectivity index is 1.67. The molecule has 1 aliphatic carbocycles. The third kappa shape index (κ3) is 3.21. The Morgan fingerprint density at radius 2 is 2.32 bits per heavy atom. The second kappa shape index (κ2) is 5.83. The smallest absolute Gasteiger partial charge is 0.126 e. The fourth-order valence-electron chi connectivity index (χ4n) is 2.71. The highest BCUT2D eigenvalue weighted by atomic mass is 16.5. The van der Waals surface area contributed by atoms with E-state index in [1.54, 1.807) is 0 Å². The molecule has 0 amide bonds. The molecule has 19 heavy (non-hydrogen) atoms. The molecule has 104 valence electrons. The second-order valence-corrected chi connectivity index (χ2v) is 5.61. The molecule has 1 aromatic carbocycles. The summed E-state index contributed by atoms with van der Waals surface area (Å²) >= 11 is 0. The van der Waals surface area contributed by atoms with Crippen LogP contribution < -0.4 is 14.8 Å². The van der Waals surface area contributed by atoms with Crippen LogP contribution in [0.4, 0.5) is 0 Å². The van der Waals surface area contributed by atoms with E-state index in [-0.39, 0.29) is 0 Å².